The van der Waals surface area contributed by atoms with Crippen molar-refractivity contribution < 1.29 is 22.5 Å². The third-order valence-electron chi connectivity index (χ3n) is 8.40. The second kappa shape index (κ2) is 11.9. The maximum absolute atomic E-state index is 12.8. The summed E-state index contributed by atoms with van der Waals surface area (Å²) in [5, 5.41) is 2.90. The minimum atomic E-state index is -2.72. The van der Waals surface area contributed by atoms with E-state index in [4.69, 9.17) is 17.7 Å². The zero-order chi connectivity index (χ0) is 29.5. The summed E-state index contributed by atoms with van der Waals surface area (Å²) >= 11 is 1.34. The Morgan fingerprint density at radius 1 is 0.902 bits per heavy atom. The van der Waals surface area contributed by atoms with E-state index in [2.05, 4.69) is 75.0 Å². The highest BCUT2D eigenvalue weighted by molar-refractivity contribution is 7.07. The molecular weight excluding hydrogens is 573 g/mol. The number of anilines is 1. The first-order chi connectivity index (χ1) is 19.5. The van der Waals surface area contributed by atoms with E-state index in [0.717, 1.165) is 4.88 Å². The number of amides is 1. The third kappa shape index (κ3) is 5.55. The Balaban J connectivity index is 1.45. The number of benzene rings is 1. The Labute approximate surface area is 249 Å². The molecule has 0 bridgehead atoms. The molecule has 2 aliphatic heterocycles. The van der Waals surface area contributed by atoms with Gasteiger partial charge in [0.05, 0.1) is 23.7 Å². The number of carbonyl (C=O) groups excluding carboxylic acids is 1. The number of hydrogen-bond donors (Lipinski definition) is 1. The van der Waals surface area contributed by atoms with Crippen LogP contribution in [0.1, 0.15) is 83.1 Å². The van der Waals surface area contributed by atoms with E-state index in [1.54, 1.807) is 12.1 Å². The number of nitrogens with zero attached hydrogens (tertiary/aromatic N) is 3. The van der Waals surface area contributed by atoms with Crippen LogP contribution in [-0.2, 0) is 17.7 Å². The Morgan fingerprint density at radius 3 is 2.20 bits per heavy atom. The van der Waals surface area contributed by atoms with Crippen molar-refractivity contribution in [1.82, 2.24) is 14.3 Å². The normalized spacial score (nSPS) is 24.1. The van der Waals surface area contributed by atoms with Crippen LogP contribution in [0.5, 0.6) is 0 Å². The van der Waals surface area contributed by atoms with Crippen molar-refractivity contribution in [3.63, 3.8) is 0 Å². The number of nitrogens with one attached hydrogen (secondary N) is 1. The van der Waals surface area contributed by atoms with Crippen molar-refractivity contribution >= 4 is 51.4 Å². The molecule has 12 heteroatoms. The van der Waals surface area contributed by atoms with Crippen molar-refractivity contribution in [1.29, 1.82) is 0 Å². The summed E-state index contributed by atoms with van der Waals surface area (Å²) in [7, 11) is -5.36. The van der Waals surface area contributed by atoms with Crippen LogP contribution in [0.25, 0.3) is 11.0 Å². The fourth-order valence-electron chi connectivity index (χ4n) is 6.17. The number of ether oxygens (including phenoxy) is 1. The molecule has 2 aromatic heterocycles. The monoisotopic (exact) mass is 614 g/mol. The lowest BCUT2D eigenvalue weighted by atomic mass is 10.1. The molecule has 0 unspecified atom stereocenters. The smallest absolute Gasteiger partial charge is 0.335 e. The summed E-state index contributed by atoms with van der Waals surface area (Å²) in [6.07, 6.45) is 1.51. The molecule has 222 valence electrons. The summed E-state index contributed by atoms with van der Waals surface area (Å²) in [5.74, 6) is 0.145. The minimum absolute atomic E-state index is 0.154. The molecule has 2 saturated heterocycles. The van der Waals surface area contributed by atoms with Gasteiger partial charge in [0.2, 0.25) is 0 Å². The quantitative estimate of drug-likeness (QED) is 0.280. The van der Waals surface area contributed by atoms with Crippen LogP contribution in [0, 0.1) is 0 Å². The molecule has 3 aromatic rings. The van der Waals surface area contributed by atoms with Crippen molar-refractivity contribution in [3.05, 3.63) is 47.1 Å². The molecule has 4 heterocycles. The fraction of sp³-hybridized carbons (Fsp3) is 0.586. The van der Waals surface area contributed by atoms with Crippen LogP contribution in [-0.4, -0.2) is 56.2 Å². The van der Waals surface area contributed by atoms with E-state index in [0.29, 0.717) is 35.4 Å². The van der Waals surface area contributed by atoms with Crippen LogP contribution >= 0.6 is 11.5 Å². The summed E-state index contributed by atoms with van der Waals surface area (Å²) in [6, 6.07) is 9.06. The van der Waals surface area contributed by atoms with Crippen LogP contribution in [0.15, 0.2) is 36.7 Å². The Kier molecular flexibility index (Phi) is 8.82. The van der Waals surface area contributed by atoms with Crippen LogP contribution < -0.4 is 5.32 Å². The average molecular weight is 615 g/mol. The Hall–Kier alpha value is -2.07. The molecule has 1 N–H and O–H groups in total. The fourth-order valence-corrected chi connectivity index (χ4v) is 18.3. The molecular formula is C29H42N4O5SSi2. The zero-order valence-electron chi connectivity index (χ0n) is 25.2. The van der Waals surface area contributed by atoms with Crippen molar-refractivity contribution in [2.24, 2.45) is 0 Å². The maximum Gasteiger partial charge on any atom is 0.335 e. The predicted octanol–water partition coefficient (Wildman–Crippen LogP) is 7.13. The molecule has 1 aromatic carbocycles. The van der Waals surface area contributed by atoms with Gasteiger partial charge in [-0.05, 0) is 45.8 Å². The third-order valence-corrected chi connectivity index (χ3v) is 19.6. The van der Waals surface area contributed by atoms with E-state index in [1.807, 2.05) is 18.2 Å². The van der Waals surface area contributed by atoms with Gasteiger partial charge in [-0.15, -0.1) is 0 Å². The Morgan fingerprint density at radius 2 is 1.56 bits per heavy atom. The second-order valence-electron chi connectivity index (χ2n) is 12.3. The largest absolute Gasteiger partial charge is 0.414 e. The molecule has 0 saturated carbocycles. The highest BCUT2D eigenvalue weighted by atomic mass is 32.1. The van der Waals surface area contributed by atoms with E-state index in [9.17, 15) is 4.79 Å². The summed E-state index contributed by atoms with van der Waals surface area (Å²) in [5.41, 5.74) is 2.85. The van der Waals surface area contributed by atoms with E-state index in [-0.39, 0.29) is 46.4 Å². The lowest BCUT2D eigenvalue weighted by Crippen LogP contribution is -2.65. The van der Waals surface area contributed by atoms with Gasteiger partial charge in [0.15, 0.2) is 5.82 Å². The van der Waals surface area contributed by atoms with E-state index < -0.39 is 17.1 Å². The van der Waals surface area contributed by atoms with Gasteiger partial charge < -0.3 is 23.0 Å². The molecule has 0 aliphatic carbocycles. The van der Waals surface area contributed by atoms with Gasteiger partial charge in [0, 0.05) is 12.0 Å². The van der Waals surface area contributed by atoms with Gasteiger partial charge in [-0.2, -0.15) is 4.37 Å². The molecule has 2 fully saturated rings. The Bertz CT molecular complexity index is 1350. The minimum Gasteiger partial charge on any atom is -0.414 e. The van der Waals surface area contributed by atoms with Crippen molar-refractivity contribution in [3.8, 4) is 0 Å². The first-order valence-corrected chi connectivity index (χ1v) is 19.3. The molecule has 9 nitrogen and oxygen atoms in total. The summed E-state index contributed by atoms with van der Waals surface area (Å²) in [4.78, 5) is 22.6. The highest BCUT2D eigenvalue weighted by Gasteiger charge is 2.60. The number of carbonyl (C=O) groups is 1. The lowest BCUT2D eigenvalue weighted by molar-refractivity contribution is -0.0377. The van der Waals surface area contributed by atoms with E-state index in [1.165, 1.54) is 17.9 Å². The molecule has 2 aliphatic rings. The number of fused-ring (bicyclic) bond motifs is 2. The summed E-state index contributed by atoms with van der Waals surface area (Å²) < 4.78 is 32.8. The maximum atomic E-state index is 12.8. The molecule has 1 amide bonds. The summed E-state index contributed by atoms with van der Waals surface area (Å²) in [6.45, 7) is 18.3. The van der Waals surface area contributed by atoms with Gasteiger partial charge in [-0.3, -0.25) is 4.79 Å². The van der Waals surface area contributed by atoms with Gasteiger partial charge in [-0.1, -0.05) is 73.6 Å². The molecule has 5 rings (SSSR count). The molecule has 41 heavy (non-hydrogen) atoms. The van der Waals surface area contributed by atoms with Crippen LogP contribution in [0.4, 0.5) is 5.82 Å². The van der Waals surface area contributed by atoms with Gasteiger partial charge >= 0.3 is 17.1 Å². The molecule has 0 radical (unpaired) electrons. The van der Waals surface area contributed by atoms with Crippen LogP contribution in [0.3, 0.4) is 0 Å². The molecule has 0 spiro atoms. The second-order valence-corrected chi connectivity index (χ2v) is 22.0. The first kappa shape index (κ1) is 30.4. The van der Waals surface area contributed by atoms with Gasteiger partial charge in [-0.25, -0.2) is 9.97 Å². The lowest BCUT2D eigenvalue weighted by Gasteiger charge is -2.51. The zero-order valence-corrected chi connectivity index (χ0v) is 28.0. The predicted molar refractivity (Wildman–Crippen MR) is 166 cm³/mol. The van der Waals surface area contributed by atoms with Crippen molar-refractivity contribution in [2.75, 3.05) is 11.9 Å². The number of hydrogen-bond acceptors (Lipinski definition) is 9. The number of rotatable bonds is 7. The standard InChI is InChI=1S/C29H42N4O5SSi2/c1-17(2)40(18(3)4)35-15-24-22(37-41(38-40,19(5)6)20(7)8)14-23(36-24)27-25-26(33-39-27)28(31-16-30-25)32-29(34)21-12-10-9-11-13-21/h9-13,16-20,22-24H,14-15H2,1-8H3,(H,30,31,32,34)/t22-,23+,24+/m0/s1. The molecule has 3 atom stereocenters. The van der Waals surface area contributed by atoms with Gasteiger partial charge in [0.1, 0.15) is 23.5 Å². The SMILES string of the molecule is CC(C)[Si]1(C(C)C)OC[C@H]2O[C@@H](c3snc4c(NC(=O)c5ccccc5)ncnc34)C[C@@H]2O[Si](C(C)C)(C(C)C)O1. The topological polar surface area (TPSA) is 105 Å². The first-order valence-electron chi connectivity index (χ1n) is 14.6. The van der Waals surface area contributed by atoms with Gasteiger partial charge in [0.25, 0.3) is 5.91 Å². The highest BCUT2D eigenvalue weighted by Crippen LogP contribution is 2.49. The van der Waals surface area contributed by atoms with E-state index >= 15 is 0 Å². The van der Waals surface area contributed by atoms with Crippen molar-refractivity contribution in [2.45, 2.75) is 102 Å². The number of aromatic nitrogens is 3. The van der Waals surface area contributed by atoms with Crippen LogP contribution in [0.2, 0.25) is 22.2 Å². The average Bonchev–Trinajstić information content (AvgIpc) is 3.53.